The van der Waals surface area contributed by atoms with Gasteiger partial charge in [-0.05, 0) is 81.3 Å². The zero-order chi connectivity index (χ0) is 33.3. The van der Waals surface area contributed by atoms with Crippen molar-refractivity contribution in [2.45, 2.75) is 48.1 Å². The van der Waals surface area contributed by atoms with Gasteiger partial charge in [-0.15, -0.1) is 11.3 Å². The summed E-state index contributed by atoms with van der Waals surface area (Å²) in [6.07, 6.45) is 5.64. The molecule has 1 amide bonds. The van der Waals surface area contributed by atoms with Crippen molar-refractivity contribution in [2.24, 2.45) is 0 Å². The fourth-order valence-corrected chi connectivity index (χ4v) is 8.69. The van der Waals surface area contributed by atoms with Gasteiger partial charge in [0.05, 0.1) is 15.4 Å². The Kier molecular flexibility index (Phi) is 8.99. The molecule has 1 N–H and O–H groups in total. The average molecular weight is 685 g/mol. The maximum atomic E-state index is 14.1. The number of hydrogen-bond acceptors (Lipinski definition) is 10. The van der Waals surface area contributed by atoms with Crippen LogP contribution in [0.1, 0.15) is 25.7 Å². The largest absolute Gasteiger partial charge is 0.490 e. The monoisotopic (exact) mass is 684 g/mol. The predicted octanol–water partition coefficient (Wildman–Crippen LogP) is 5.19. The second kappa shape index (κ2) is 13.5. The highest BCUT2D eigenvalue weighted by molar-refractivity contribution is 7.91. The quantitative estimate of drug-likeness (QED) is 0.223. The van der Waals surface area contributed by atoms with Crippen molar-refractivity contribution in [3.63, 3.8) is 0 Å². The van der Waals surface area contributed by atoms with E-state index in [2.05, 4.69) is 22.2 Å². The summed E-state index contributed by atoms with van der Waals surface area (Å²) in [5, 5.41) is 5.29. The number of likely N-dealkylation sites (tertiary alicyclic amines) is 2. The van der Waals surface area contributed by atoms with E-state index in [-0.39, 0.29) is 39.9 Å². The van der Waals surface area contributed by atoms with Crippen LogP contribution in [-0.4, -0.2) is 78.0 Å². The Bertz CT molecular complexity index is 2100. The van der Waals surface area contributed by atoms with Crippen LogP contribution in [0.25, 0.3) is 21.5 Å². The number of amides is 1. The summed E-state index contributed by atoms with van der Waals surface area (Å²) in [5.41, 5.74) is 0.903. The third-order valence-corrected chi connectivity index (χ3v) is 11.7. The second-order valence-corrected chi connectivity index (χ2v) is 15.1. The summed E-state index contributed by atoms with van der Waals surface area (Å²) in [7, 11) is -1.65. The van der Waals surface area contributed by atoms with Crippen molar-refractivity contribution < 1.29 is 17.9 Å². The average Bonchev–Trinajstić information content (AvgIpc) is 3.83. The molecule has 2 saturated heterocycles. The number of anilines is 2. The predicted molar refractivity (Wildman–Crippen MR) is 186 cm³/mol. The Labute approximate surface area is 282 Å². The lowest BCUT2D eigenvalue weighted by Gasteiger charge is -2.29. The molecule has 13 heteroatoms. The smallest absolute Gasteiger partial charge is 0.261 e. The number of carbonyl (C=O) groups is 1. The van der Waals surface area contributed by atoms with Crippen LogP contribution < -0.4 is 15.6 Å². The summed E-state index contributed by atoms with van der Waals surface area (Å²) in [4.78, 5) is 41.5. The molecule has 2 aromatic carbocycles. The summed E-state index contributed by atoms with van der Waals surface area (Å²) < 4.78 is 34.1. The molecule has 11 nitrogen and oxygen atoms in total. The SMILES string of the molecule is CN1CCC(Oc2ccc(Nc3ncc4cc(-c5cc(S(=O)(=O)c6ccccc6)cs5)c(=O)n(CC(=O)N5CCCC5)c4n3)cc2)CC1. The Morgan fingerprint density at radius 3 is 2.44 bits per heavy atom. The first kappa shape index (κ1) is 32.0. The number of nitrogens with zero attached hydrogens (tertiary/aromatic N) is 5. The lowest BCUT2D eigenvalue weighted by atomic mass is 10.1. The van der Waals surface area contributed by atoms with Gasteiger partial charge in [-0.3, -0.25) is 14.2 Å². The fourth-order valence-electron chi connectivity index (χ4n) is 6.12. The first-order valence-electron chi connectivity index (χ1n) is 16.0. The normalized spacial score (nSPS) is 16.0. The van der Waals surface area contributed by atoms with Crippen LogP contribution in [0.4, 0.5) is 11.6 Å². The number of fused-ring (bicyclic) bond motifs is 1. The Morgan fingerprint density at radius 1 is 0.979 bits per heavy atom. The molecule has 0 saturated carbocycles. The van der Waals surface area contributed by atoms with E-state index in [1.54, 1.807) is 47.5 Å². The highest BCUT2D eigenvalue weighted by atomic mass is 32.2. The summed E-state index contributed by atoms with van der Waals surface area (Å²) >= 11 is 1.16. The van der Waals surface area contributed by atoms with E-state index in [9.17, 15) is 18.0 Å². The van der Waals surface area contributed by atoms with Crippen LogP contribution in [-0.2, 0) is 21.2 Å². The van der Waals surface area contributed by atoms with Gasteiger partial charge >= 0.3 is 0 Å². The van der Waals surface area contributed by atoms with Crippen molar-refractivity contribution >= 4 is 49.8 Å². The third-order valence-electron chi connectivity index (χ3n) is 8.86. The number of carbonyl (C=O) groups excluding carboxylic acids is 1. The molecule has 0 radical (unpaired) electrons. The molecule has 0 atom stereocenters. The van der Waals surface area contributed by atoms with E-state index in [4.69, 9.17) is 9.72 Å². The van der Waals surface area contributed by atoms with Gasteiger partial charge in [0.1, 0.15) is 24.0 Å². The molecule has 5 aromatic rings. The number of sulfone groups is 1. The standard InChI is InChI=1S/C35H36N6O5S2/c1-39-17-13-27(14-18-39)46-26-11-9-25(10-12-26)37-35-36-21-24-19-30(31-20-29(23-47-31)48(44,45)28-7-3-2-4-8-28)34(43)41(33(24)38-35)22-32(42)40-15-5-6-16-40/h2-4,7-12,19-21,23,27H,5-6,13-18,22H2,1H3,(H,36,37,38). The van der Waals surface area contributed by atoms with E-state index in [1.165, 1.54) is 16.0 Å². The number of ether oxygens (including phenoxy) is 1. The van der Waals surface area contributed by atoms with Gasteiger partial charge < -0.3 is 19.9 Å². The number of nitrogens with one attached hydrogen (secondary N) is 1. The Balaban J connectivity index is 1.19. The number of hydrogen-bond donors (Lipinski definition) is 1. The van der Waals surface area contributed by atoms with Crippen LogP contribution >= 0.6 is 11.3 Å². The van der Waals surface area contributed by atoms with Crippen LogP contribution in [0, 0.1) is 0 Å². The number of benzene rings is 2. The van der Waals surface area contributed by atoms with Crippen molar-refractivity contribution in [2.75, 3.05) is 38.5 Å². The molecule has 0 aliphatic carbocycles. The number of thiophene rings is 1. The number of pyridine rings is 1. The molecule has 2 fully saturated rings. The number of piperidine rings is 1. The van der Waals surface area contributed by atoms with Gasteiger partial charge in [0, 0.05) is 53.7 Å². The molecule has 2 aliphatic heterocycles. The summed E-state index contributed by atoms with van der Waals surface area (Å²) in [5.74, 6) is 0.901. The third kappa shape index (κ3) is 6.71. The van der Waals surface area contributed by atoms with Crippen LogP contribution in [0.5, 0.6) is 5.75 Å². The molecule has 48 heavy (non-hydrogen) atoms. The van der Waals surface area contributed by atoms with E-state index in [0.29, 0.717) is 29.0 Å². The first-order chi connectivity index (χ1) is 23.2. The van der Waals surface area contributed by atoms with E-state index in [0.717, 1.165) is 61.5 Å². The molecule has 3 aromatic heterocycles. The van der Waals surface area contributed by atoms with Crippen molar-refractivity contribution in [3.05, 3.63) is 88.7 Å². The minimum atomic E-state index is -3.77. The highest BCUT2D eigenvalue weighted by Crippen LogP contribution is 2.32. The van der Waals surface area contributed by atoms with Gasteiger partial charge in [-0.25, -0.2) is 13.4 Å². The Morgan fingerprint density at radius 2 is 1.71 bits per heavy atom. The van der Waals surface area contributed by atoms with Gasteiger partial charge in [0.2, 0.25) is 21.7 Å². The summed E-state index contributed by atoms with van der Waals surface area (Å²) in [6.45, 7) is 3.14. The fraction of sp³-hybridized carbons (Fsp3) is 0.314. The molecule has 0 unspecified atom stereocenters. The minimum Gasteiger partial charge on any atom is -0.490 e. The molecular formula is C35H36N6O5S2. The van der Waals surface area contributed by atoms with Crippen molar-refractivity contribution in [3.8, 4) is 16.2 Å². The molecule has 7 rings (SSSR count). The Hall–Kier alpha value is -4.59. The lowest BCUT2D eigenvalue weighted by molar-refractivity contribution is -0.130. The van der Waals surface area contributed by atoms with E-state index >= 15 is 0 Å². The maximum Gasteiger partial charge on any atom is 0.261 e. The topological polar surface area (TPSA) is 127 Å². The number of rotatable bonds is 9. The van der Waals surface area contributed by atoms with Gasteiger partial charge in [0.15, 0.2) is 0 Å². The zero-order valence-electron chi connectivity index (χ0n) is 26.5. The summed E-state index contributed by atoms with van der Waals surface area (Å²) in [6, 6.07) is 19.0. The molecule has 248 valence electrons. The number of aromatic nitrogens is 3. The van der Waals surface area contributed by atoms with E-state index < -0.39 is 15.4 Å². The maximum absolute atomic E-state index is 14.1. The van der Waals surface area contributed by atoms with Crippen LogP contribution in [0.3, 0.4) is 0 Å². The lowest BCUT2D eigenvalue weighted by Crippen LogP contribution is -2.35. The van der Waals surface area contributed by atoms with E-state index in [1.807, 2.05) is 24.3 Å². The van der Waals surface area contributed by atoms with Gasteiger partial charge in [-0.2, -0.15) is 4.98 Å². The zero-order valence-corrected chi connectivity index (χ0v) is 28.2. The van der Waals surface area contributed by atoms with Crippen LogP contribution in [0.15, 0.2) is 92.9 Å². The molecule has 0 spiro atoms. The molecule has 2 aliphatic rings. The second-order valence-electron chi connectivity index (χ2n) is 12.2. The first-order valence-corrected chi connectivity index (χ1v) is 18.4. The minimum absolute atomic E-state index is 0.103. The highest BCUT2D eigenvalue weighted by Gasteiger charge is 2.24. The van der Waals surface area contributed by atoms with Crippen molar-refractivity contribution in [1.82, 2.24) is 24.3 Å². The van der Waals surface area contributed by atoms with Gasteiger partial charge in [0.25, 0.3) is 5.56 Å². The molecule has 5 heterocycles. The molecular weight excluding hydrogens is 649 g/mol. The van der Waals surface area contributed by atoms with Crippen LogP contribution in [0.2, 0.25) is 0 Å². The molecule has 0 bridgehead atoms. The van der Waals surface area contributed by atoms with Gasteiger partial charge in [-0.1, -0.05) is 18.2 Å². The van der Waals surface area contributed by atoms with Crippen molar-refractivity contribution in [1.29, 1.82) is 0 Å².